The molecule has 4 aliphatic heterocycles. The van der Waals surface area contributed by atoms with Crippen LogP contribution in [0.1, 0.15) is 135 Å². The van der Waals surface area contributed by atoms with Gasteiger partial charge < -0.3 is 42.2 Å². The Morgan fingerprint density at radius 3 is 1.25 bits per heavy atom. The molecule has 0 bridgehead atoms. The summed E-state index contributed by atoms with van der Waals surface area (Å²) in [6.07, 6.45) is 24.6. The van der Waals surface area contributed by atoms with E-state index in [2.05, 4.69) is 33.4 Å². The first-order valence-electron chi connectivity index (χ1n) is 20.0. The van der Waals surface area contributed by atoms with Crippen LogP contribution in [0.5, 0.6) is 0 Å². The number of aliphatic hydroxyl groups is 2. The summed E-state index contributed by atoms with van der Waals surface area (Å²) in [7, 11) is 0. The molecule has 338 valence electrons. The predicted molar refractivity (Wildman–Crippen MR) is 207 cm³/mol. The maximum atomic E-state index is 10.5. The third kappa shape index (κ3) is 23.9. The third-order valence-electron chi connectivity index (χ3n) is 10.3. The molecule has 2 saturated carbocycles. The summed E-state index contributed by atoms with van der Waals surface area (Å²) in [5.41, 5.74) is 0. The van der Waals surface area contributed by atoms with E-state index in [4.69, 9.17) is 25.8 Å². The van der Waals surface area contributed by atoms with Gasteiger partial charge >= 0.3 is 45.8 Å². The number of nitrogens with zero attached hydrogens (tertiary/aromatic N) is 8. The van der Waals surface area contributed by atoms with Crippen molar-refractivity contribution in [2.45, 2.75) is 166 Å². The Balaban J connectivity index is 0. The van der Waals surface area contributed by atoms with Crippen LogP contribution < -0.4 is 0 Å². The number of amidine groups is 2. The normalized spacial score (nSPS) is 25.3. The van der Waals surface area contributed by atoms with Gasteiger partial charge in [0.1, 0.15) is 32.9 Å². The Morgan fingerprint density at radius 2 is 0.947 bits per heavy atom. The molecule has 0 aromatic heterocycles. The standard InChI is InChI=1S/C10H18N2.C10H16N2.C7H13N2O4.C7H12N2O4.C2H6O2.2Cu.H2O/c2*1-3-7-11-9(5-1)10-6-2-4-8-12-10;2*10-8(11)7(9(12)13)6-4-2-1-3-5-6;1-2(3)4;;;/h9-10H,1-8H2;1,5,9-10H,2-4,6-8H2;6,10-11H,1-5H2;6H,1-5H2,(H,10,11);2-4H,1H3;;;1H2/q2*-2;+1;;;2*+2;. The van der Waals surface area contributed by atoms with Crippen molar-refractivity contribution < 1.29 is 85.1 Å². The number of aliphatic hydroxyl groups excluding tert-OH is 1. The van der Waals surface area contributed by atoms with Crippen LogP contribution in [-0.4, -0.2) is 119 Å². The van der Waals surface area contributed by atoms with E-state index in [1.807, 2.05) is 0 Å². The molecule has 7 N–H and O–H groups in total. The van der Waals surface area contributed by atoms with E-state index in [-0.39, 0.29) is 56.4 Å². The molecular formula is C36H67Cu2N8O11+. The summed E-state index contributed by atoms with van der Waals surface area (Å²) in [6.45, 7) is 5.53. The fourth-order valence-corrected chi connectivity index (χ4v) is 7.67. The average molecular weight is 915 g/mol. The minimum atomic E-state index is -1.17. The summed E-state index contributed by atoms with van der Waals surface area (Å²) in [6, 6.07) is 2.12. The van der Waals surface area contributed by atoms with Crippen LogP contribution in [0.2, 0.25) is 0 Å². The minimum Gasteiger partial charge on any atom is -0.661 e. The molecule has 4 atom stereocenters. The second-order valence-corrected chi connectivity index (χ2v) is 14.6. The molecular weight excluding hydrogens is 848 g/mol. The van der Waals surface area contributed by atoms with Crippen LogP contribution >= 0.6 is 0 Å². The van der Waals surface area contributed by atoms with E-state index in [0.717, 1.165) is 71.1 Å². The smallest absolute Gasteiger partial charge is 0.661 e. The van der Waals surface area contributed by atoms with Crippen molar-refractivity contribution in [1.29, 1.82) is 0 Å². The van der Waals surface area contributed by atoms with Crippen molar-refractivity contribution in [3.63, 3.8) is 0 Å². The summed E-state index contributed by atoms with van der Waals surface area (Å²) in [5, 5.41) is 90.9. The average Bonchev–Trinajstić information content (AvgIpc) is 3.17. The van der Waals surface area contributed by atoms with Gasteiger partial charge in [-0.2, -0.15) is 12.1 Å². The SMILES string of the molecule is C1=CC(C2CCCC[N-]2)[N-]CC1.C1CCC(C2CCCC[N-]2)[N-]C1.CC(O)O.O.O=[N+]([O-])C(C1CCCCC1)=[N+](O)O.O=[N+]([O-])C(C1CCCCC1)=[N+]([O-])O.[Cu+2].[Cu+2]. The first kappa shape index (κ1) is 56.9. The van der Waals surface area contributed by atoms with Crippen molar-refractivity contribution in [2.24, 2.45) is 11.8 Å². The molecule has 4 unspecified atom stereocenters. The monoisotopic (exact) mass is 913 g/mol. The molecule has 21 heteroatoms. The van der Waals surface area contributed by atoms with E-state index >= 15 is 0 Å². The molecule has 0 amide bonds. The quantitative estimate of drug-likeness (QED) is 0.0248. The summed E-state index contributed by atoms with van der Waals surface area (Å²) >= 11 is 0. The van der Waals surface area contributed by atoms with Gasteiger partial charge in [0.05, 0.1) is 0 Å². The van der Waals surface area contributed by atoms with Crippen LogP contribution in [0.25, 0.3) is 21.3 Å². The molecule has 5 fully saturated rings. The van der Waals surface area contributed by atoms with E-state index in [1.165, 1.54) is 64.7 Å². The van der Waals surface area contributed by atoms with Gasteiger partial charge in [-0.25, -0.2) is 10.4 Å². The Labute approximate surface area is 358 Å². The van der Waals surface area contributed by atoms with Gasteiger partial charge in [-0.1, -0.05) is 109 Å². The number of hydrogen-bond acceptors (Lipinski definition) is 10. The molecule has 2 radical (unpaired) electrons. The van der Waals surface area contributed by atoms with Gasteiger partial charge in [0.2, 0.25) is 0 Å². The third-order valence-corrected chi connectivity index (χ3v) is 10.3. The van der Waals surface area contributed by atoms with E-state index in [9.17, 15) is 25.4 Å². The molecule has 0 aromatic carbocycles. The van der Waals surface area contributed by atoms with Crippen molar-refractivity contribution in [2.75, 3.05) is 26.2 Å². The number of piperidine rings is 3. The fourth-order valence-electron chi connectivity index (χ4n) is 7.67. The molecule has 3 saturated heterocycles. The van der Waals surface area contributed by atoms with Crippen molar-refractivity contribution in [3.05, 3.63) is 58.9 Å². The molecule has 19 nitrogen and oxygen atoms in total. The molecule has 6 aliphatic rings. The van der Waals surface area contributed by atoms with E-state index in [0.29, 0.717) is 49.9 Å². The van der Waals surface area contributed by atoms with Gasteiger partial charge in [-0.05, 0) is 32.6 Å². The predicted octanol–water partition coefficient (Wildman–Crippen LogP) is 6.12. The molecule has 0 spiro atoms. The topological polar surface area (TPSA) is 304 Å². The zero-order valence-electron chi connectivity index (χ0n) is 33.1. The minimum absolute atomic E-state index is 0. The van der Waals surface area contributed by atoms with Gasteiger partial charge in [-0.3, -0.25) is 25.4 Å². The Kier molecular flexibility index (Phi) is 33.6. The van der Waals surface area contributed by atoms with Gasteiger partial charge in [0, 0.05) is 0 Å². The maximum Gasteiger partial charge on any atom is 2.00 e. The molecule has 57 heavy (non-hydrogen) atoms. The number of nitro groups is 2. The van der Waals surface area contributed by atoms with Gasteiger partial charge in [0.25, 0.3) is 4.90 Å². The summed E-state index contributed by atoms with van der Waals surface area (Å²) in [5.74, 6) is -1.82. The first-order chi connectivity index (χ1) is 25.9. The maximum absolute atomic E-state index is 10.5. The number of rotatable bonds is 4. The van der Waals surface area contributed by atoms with Gasteiger partial charge in [0.15, 0.2) is 0 Å². The molecule has 6 rings (SSSR count). The number of hydrogen-bond donors (Lipinski definition) is 5. The van der Waals surface area contributed by atoms with E-state index in [1.54, 1.807) is 0 Å². The second kappa shape index (κ2) is 33.6. The molecule has 0 aromatic rings. The van der Waals surface area contributed by atoms with Crippen molar-refractivity contribution in [3.8, 4) is 0 Å². The molecule has 4 heterocycles. The molecule has 2 aliphatic carbocycles. The van der Waals surface area contributed by atoms with Crippen LogP contribution in [-0.2, 0) is 34.1 Å². The summed E-state index contributed by atoms with van der Waals surface area (Å²) < 4.78 is 0. The van der Waals surface area contributed by atoms with E-state index < -0.39 is 32.7 Å². The van der Waals surface area contributed by atoms with Crippen LogP contribution in [0.3, 0.4) is 0 Å². The second-order valence-electron chi connectivity index (χ2n) is 14.6. The zero-order chi connectivity index (χ0) is 39.7. The van der Waals surface area contributed by atoms with Crippen LogP contribution in [0.15, 0.2) is 12.2 Å². The van der Waals surface area contributed by atoms with Crippen LogP contribution in [0.4, 0.5) is 0 Å². The Bertz CT molecular complexity index is 1080. The van der Waals surface area contributed by atoms with Crippen molar-refractivity contribution >= 4 is 11.7 Å². The Morgan fingerprint density at radius 1 is 0.579 bits per heavy atom. The zero-order valence-corrected chi connectivity index (χ0v) is 35.0. The van der Waals surface area contributed by atoms with Gasteiger partial charge in [-0.15, -0.1) is 44.3 Å². The Hall–Kier alpha value is -2.16. The fraction of sp³-hybridized carbons (Fsp3) is 0.889. The largest absolute Gasteiger partial charge is 2.00 e. The first-order valence-corrected chi connectivity index (χ1v) is 20.0. The van der Waals surface area contributed by atoms with Crippen molar-refractivity contribution in [1.82, 2.24) is 0 Å². The van der Waals surface area contributed by atoms with Crippen LogP contribution in [0, 0.1) is 37.3 Å². The summed E-state index contributed by atoms with van der Waals surface area (Å²) in [4.78, 5) is 18.4.